The Morgan fingerprint density at radius 3 is 2.14 bits per heavy atom. The molecule has 0 fully saturated rings. The first kappa shape index (κ1) is 28.3. The Labute approximate surface area is 208 Å². The van der Waals surface area contributed by atoms with Gasteiger partial charge in [-0.1, -0.05) is 71.6 Å². The molecule has 1 aromatic rings. The van der Waals surface area contributed by atoms with E-state index in [1.54, 1.807) is 12.1 Å². The van der Waals surface area contributed by atoms with Gasteiger partial charge in [0.1, 0.15) is 18.7 Å². The molecule has 194 valence electrons. The lowest BCUT2D eigenvalue weighted by Gasteiger charge is -2.27. The smallest absolute Gasteiger partial charge is 0.329 e. The topological polar surface area (TPSA) is 114 Å². The van der Waals surface area contributed by atoms with E-state index in [0.717, 1.165) is 32.1 Å². The number of nitrogens with one attached hydrogen (secondary N) is 3. The van der Waals surface area contributed by atoms with E-state index in [1.165, 1.54) is 0 Å². The lowest BCUT2D eigenvalue weighted by Crippen LogP contribution is -2.55. The molecule has 1 heterocycles. The summed E-state index contributed by atoms with van der Waals surface area (Å²) in [6.45, 7) is 7.52. The maximum Gasteiger partial charge on any atom is 0.329 e. The molecule has 8 heteroatoms. The summed E-state index contributed by atoms with van der Waals surface area (Å²) < 4.78 is 5.59. The van der Waals surface area contributed by atoms with Gasteiger partial charge in [0, 0.05) is 24.1 Å². The number of cyclic esters (lactones) is 1. The van der Waals surface area contributed by atoms with Crippen LogP contribution >= 0.6 is 0 Å². The van der Waals surface area contributed by atoms with Crippen molar-refractivity contribution in [3.63, 3.8) is 0 Å². The van der Waals surface area contributed by atoms with Crippen molar-refractivity contribution in [1.29, 1.82) is 0 Å². The van der Waals surface area contributed by atoms with Crippen LogP contribution in [0.4, 0.5) is 5.69 Å². The third-order valence-electron chi connectivity index (χ3n) is 6.50. The summed E-state index contributed by atoms with van der Waals surface area (Å²) in [7, 11) is 0. The Morgan fingerprint density at radius 1 is 0.857 bits per heavy atom. The summed E-state index contributed by atoms with van der Waals surface area (Å²) in [6.07, 6.45) is 5.63. The summed E-state index contributed by atoms with van der Waals surface area (Å²) in [5, 5.41) is 8.59. The molecule has 3 atom stereocenters. The van der Waals surface area contributed by atoms with Crippen molar-refractivity contribution in [1.82, 2.24) is 10.6 Å². The largest absolute Gasteiger partial charge is 0.459 e. The SMILES string of the molecule is CC[C@H](C)[C@@H]1NC(=O)[C@H](C(C)C)NC(=O)CCCCCCCC(=O)Nc2ccccc2COC1=O. The van der Waals surface area contributed by atoms with Crippen LogP contribution in [-0.4, -0.2) is 35.8 Å². The number of hydrogen-bond acceptors (Lipinski definition) is 5. The van der Waals surface area contributed by atoms with Gasteiger partial charge in [0.25, 0.3) is 0 Å². The molecule has 0 radical (unpaired) electrons. The molecular weight excluding hydrogens is 446 g/mol. The van der Waals surface area contributed by atoms with Gasteiger partial charge in [-0.05, 0) is 30.7 Å². The van der Waals surface area contributed by atoms with Gasteiger partial charge in [-0.15, -0.1) is 0 Å². The van der Waals surface area contributed by atoms with Crippen LogP contribution in [0.15, 0.2) is 24.3 Å². The zero-order valence-electron chi connectivity index (χ0n) is 21.5. The maximum absolute atomic E-state index is 13.1. The molecule has 0 bridgehead atoms. The Kier molecular flexibility index (Phi) is 11.7. The molecule has 0 spiro atoms. The maximum atomic E-state index is 13.1. The number of esters is 1. The third kappa shape index (κ3) is 9.34. The second kappa shape index (κ2) is 14.5. The highest BCUT2D eigenvalue weighted by Crippen LogP contribution is 2.19. The van der Waals surface area contributed by atoms with Gasteiger partial charge < -0.3 is 20.7 Å². The molecule has 2 rings (SSSR count). The molecule has 8 nitrogen and oxygen atoms in total. The summed E-state index contributed by atoms with van der Waals surface area (Å²) in [6, 6.07) is 5.65. The second-order valence-corrected chi connectivity index (χ2v) is 9.74. The van der Waals surface area contributed by atoms with E-state index in [-0.39, 0.29) is 30.3 Å². The highest BCUT2D eigenvalue weighted by Gasteiger charge is 2.32. The fourth-order valence-electron chi connectivity index (χ4n) is 4.01. The van der Waals surface area contributed by atoms with Gasteiger partial charge in [0.2, 0.25) is 17.7 Å². The number of para-hydroxylation sites is 1. The van der Waals surface area contributed by atoms with E-state index in [4.69, 9.17) is 4.74 Å². The zero-order chi connectivity index (χ0) is 25.8. The van der Waals surface area contributed by atoms with Crippen LogP contribution in [0.1, 0.15) is 84.6 Å². The number of fused-ring (bicyclic) bond motifs is 1. The van der Waals surface area contributed by atoms with Gasteiger partial charge >= 0.3 is 5.97 Å². The number of rotatable bonds is 3. The molecular formula is C27H41N3O5. The van der Waals surface area contributed by atoms with Crippen LogP contribution in [0.2, 0.25) is 0 Å². The average molecular weight is 488 g/mol. The van der Waals surface area contributed by atoms with Gasteiger partial charge in [-0.25, -0.2) is 4.79 Å². The van der Waals surface area contributed by atoms with E-state index >= 15 is 0 Å². The van der Waals surface area contributed by atoms with E-state index < -0.39 is 24.0 Å². The molecule has 1 aliphatic rings. The van der Waals surface area contributed by atoms with Crippen molar-refractivity contribution >= 4 is 29.4 Å². The first-order valence-corrected chi connectivity index (χ1v) is 12.9. The number of amides is 3. The molecule has 1 aliphatic heterocycles. The monoisotopic (exact) mass is 487 g/mol. The summed E-state index contributed by atoms with van der Waals surface area (Å²) in [4.78, 5) is 51.0. The van der Waals surface area contributed by atoms with Crippen molar-refractivity contribution in [2.24, 2.45) is 11.8 Å². The Hall–Kier alpha value is -2.90. The van der Waals surface area contributed by atoms with Gasteiger partial charge in [0.15, 0.2) is 0 Å². The van der Waals surface area contributed by atoms with Crippen molar-refractivity contribution in [3.8, 4) is 0 Å². The number of benzene rings is 1. The minimum absolute atomic E-state index is 0.0254. The van der Waals surface area contributed by atoms with Gasteiger partial charge in [-0.2, -0.15) is 0 Å². The molecule has 0 saturated heterocycles. The van der Waals surface area contributed by atoms with Crippen LogP contribution in [-0.2, 0) is 30.5 Å². The molecule has 3 amide bonds. The molecule has 0 aliphatic carbocycles. The van der Waals surface area contributed by atoms with Crippen molar-refractivity contribution in [2.75, 3.05) is 5.32 Å². The lowest BCUT2D eigenvalue weighted by atomic mass is 9.97. The second-order valence-electron chi connectivity index (χ2n) is 9.74. The van der Waals surface area contributed by atoms with Crippen molar-refractivity contribution < 1.29 is 23.9 Å². The van der Waals surface area contributed by atoms with E-state index in [2.05, 4.69) is 16.0 Å². The van der Waals surface area contributed by atoms with Gasteiger partial charge in [0.05, 0.1) is 0 Å². The predicted octanol–water partition coefficient (Wildman–Crippen LogP) is 4.08. The quantitative estimate of drug-likeness (QED) is 0.556. The Morgan fingerprint density at radius 2 is 1.49 bits per heavy atom. The summed E-state index contributed by atoms with van der Waals surface area (Å²) in [5.41, 5.74) is 1.30. The highest BCUT2D eigenvalue weighted by molar-refractivity contribution is 5.92. The van der Waals surface area contributed by atoms with Crippen molar-refractivity contribution in [2.45, 2.75) is 97.8 Å². The first-order valence-electron chi connectivity index (χ1n) is 12.9. The molecule has 35 heavy (non-hydrogen) atoms. The van der Waals surface area contributed by atoms with Gasteiger partial charge in [-0.3, -0.25) is 14.4 Å². The fraction of sp³-hybridized carbons (Fsp3) is 0.630. The highest BCUT2D eigenvalue weighted by atomic mass is 16.5. The fourth-order valence-corrected chi connectivity index (χ4v) is 4.01. The number of carbonyl (C=O) groups is 4. The normalized spacial score (nSPS) is 22.8. The van der Waals surface area contributed by atoms with Crippen LogP contribution in [0, 0.1) is 11.8 Å². The van der Waals surface area contributed by atoms with E-state index in [0.29, 0.717) is 30.5 Å². The van der Waals surface area contributed by atoms with E-state index in [9.17, 15) is 19.2 Å². The van der Waals surface area contributed by atoms with Crippen LogP contribution in [0.3, 0.4) is 0 Å². The van der Waals surface area contributed by atoms with Crippen LogP contribution in [0.25, 0.3) is 0 Å². The predicted molar refractivity (Wildman–Crippen MR) is 135 cm³/mol. The molecule has 0 saturated carbocycles. The standard InChI is InChI=1S/C27H41N3O5/c1-5-19(4)25-27(34)35-17-20-13-11-12-14-21(20)28-22(31)15-9-7-6-8-10-16-23(32)29-24(18(2)3)26(33)30-25/h11-14,18-19,24-25H,5-10,15-17H2,1-4H3,(H,28,31)(H,29,32)(H,30,33)/t19-,24-,25-/m0/s1. The lowest BCUT2D eigenvalue weighted by molar-refractivity contribution is -0.151. The number of ether oxygens (including phenoxy) is 1. The molecule has 1 aromatic carbocycles. The summed E-state index contributed by atoms with van der Waals surface area (Å²) in [5.74, 6) is -1.49. The van der Waals surface area contributed by atoms with Crippen molar-refractivity contribution in [3.05, 3.63) is 29.8 Å². The average Bonchev–Trinajstić information content (AvgIpc) is 2.83. The number of anilines is 1. The number of carbonyl (C=O) groups excluding carboxylic acids is 4. The Bertz CT molecular complexity index is 870. The first-order chi connectivity index (χ1) is 16.7. The minimum Gasteiger partial charge on any atom is -0.459 e. The van der Waals surface area contributed by atoms with Crippen LogP contribution < -0.4 is 16.0 Å². The minimum atomic E-state index is -0.849. The molecule has 3 N–H and O–H groups in total. The summed E-state index contributed by atoms with van der Waals surface area (Å²) >= 11 is 0. The van der Waals surface area contributed by atoms with Crippen LogP contribution in [0.5, 0.6) is 0 Å². The molecule has 0 aromatic heterocycles. The van der Waals surface area contributed by atoms with E-state index in [1.807, 2.05) is 39.8 Å². The number of hydrogen-bond donors (Lipinski definition) is 3. The molecule has 0 unspecified atom stereocenters. The third-order valence-corrected chi connectivity index (χ3v) is 6.50. The zero-order valence-corrected chi connectivity index (χ0v) is 21.5. The Balaban J connectivity index is 2.24.